The molecule has 0 aliphatic rings. The summed E-state index contributed by atoms with van der Waals surface area (Å²) in [6.07, 6.45) is 3.12. The van der Waals surface area contributed by atoms with Gasteiger partial charge in [0.2, 0.25) is 0 Å². The molecule has 0 saturated heterocycles. The van der Waals surface area contributed by atoms with Crippen LogP contribution in [0.5, 0.6) is 5.75 Å². The molecule has 0 saturated carbocycles. The first kappa shape index (κ1) is 17.9. The predicted molar refractivity (Wildman–Crippen MR) is 99.6 cm³/mol. The highest BCUT2D eigenvalue weighted by molar-refractivity contribution is 6.30. The average Bonchev–Trinajstić information content (AvgIpc) is 3.16. The molecular formula is C19H19ClN4O2. The minimum atomic E-state index is -0.188. The van der Waals surface area contributed by atoms with Crippen molar-refractivity contribution in [1.82, 2.24) is 20.1 Å². The van der Waals surface area contributed by atoms with E-state index in [1.807, 2.05) is 38.1 Å². The minimum absolute atomic E-state index is 0.0517. The Bertz CT molecular complexity index is 879. The molecule has 0 spiro atoms. The minimum Gasteiger partial charge on any atom is -0.484 e. The van der Waals surface area contributed by atoms with Gasteiger partial charge in [0.15, 0.2) is 6.61 Å². The van der Waals surface area contributed by atoms with Gasteiger partial charge in [-0.2, -0.15) is 5.10 Å². The fourth-order valence-electron chi connectivity index (χ4n) is 2.54. The van der Waals surface area contributed by atoms with Gasteiger partial charge in [0.1, 0.15) is 18.4 Å². The van der Waals surface area contributed by atoms with E-state index in [9.17, 15) is 4.79 Å². The zero-order valence-electron chi connectivity index (χ0n) is 14.5. The van der Waals surface area contributed by atoms with E-state index >= 15 is 0 Å². The third-order valence-corrected chi connectivity index (χ3v) is 4.18. The van der Waals surface area contributed by atoms with Crippen molar-refractivity contribution in [2.75, 3.05) is 6.61 Å². The summed E-state index contributed by atoms with van der Waals surface area (Å²) in [6, 6.07) is 12.9. The summed E-state index contributed by atoms with van der Waals surface area (Å²) < 4.78 is 7.25. The van der Waals surface area contributed by atoms with Crippen LogP contribution in [0.1, 0.15) is 24.1 Å². The fraction of sp³-hybridized carbons (Fsp3) is 0.211. The Hall–Kier alpha value is -2.86. The van der Waals surface area contributed by atoms with Crippen molar-refractivity contribution < 1.29 is 9.53 Å². The molecule has 0 bridgehead atoms. The van der Waals surface area contributed by atoms with Gasteiger partial charge in [-0.25, -0.2) is 9.67 Å². The lowest BCUT2D eigenvalue weighted by molar-refractivity contribution is -0.123. The molecule has 0 radical (unpaired) electrons. The molecule has 26 heavy (non-hydrogen) atoms. The topological polar surface area (TPSA) is 69.0 Å². The summed E-state index contributed by atoms with van der Waals surface area (Å²) >= 11 is 5.92. The Labute approximate surface area is 156 Å². The van der Waals surface area contributed by atoms with E-state index in [1.165, 1.54) is 6.33 Å². The Morgan fingerprint density at radius 2 is 2.04 bits per heavy atom. The van der Waals surface area contributed by atoms with Crippen LogP contribution in [0.3, 0.4) is 0 Å². The SMILES string of the molecule is Cc1cc(Cl)ccc1OCC(=O)N[C@@H](C)c1ccc(-n2cncn2)cc1. The van der Waals surface area contributed by atoms with Gasteiger partial charge in [0.25, 0.3) is 5.91 Å². The van der Waals surface area contributed by atoms with Gasteiger partial charge < -0.3 is 10.1 Å². The Morgan fingerprint density at radius 1 is 1.27 bits per heavy atom. The van der Waals surface area contributed by atoms with Crippen LogP contribution in [0.2, 0.25) is 5.02 Å². The maximum atomic E-state index is 12.1. The lowest BCUT2D eigenvalue weighted by atomic mass is 10.1. The van der Waals surface area contributed by atoms with Crippen LogP contribution in [-0.4, -0.2) is 27.3 Å². The molecule has 0 fully saturated rings. The van der Waals surface area contributed by atoms with Gasteiger partial charge >= 0.3 is 0 Å². The van der Waals surface area contributed by atoms with E-state index in [0.29, 0.717) is 10.8 Å². The van der Waals surface area contributed by atoms with Gasteiger partial charge in [0.05, 0.1) is 11.7 Å². The smallest absolute Gasteiger partial charge is 0.258 e. The lowest BCUT2D eigenvalue weighted by Gasteiger charge is -2.16. The second kappa shape index (κ2) is 8.01. The van der Waals surface area contributed by atoms with Crippen LogP contribution in [-0.2, 0) is 4.79 Å². The number of amides is 1. The van der Waals surface area contributed by atoms with Crippen LogP contribution in [0, 0.1) is 6.92 Å². The number of nitrogens with one attached hydrogen (secondary N) is 1. The van der Waals surface area contributed by atoms with E-state index in [1.54, 1.807) is 29.2 Å². The molecular weight excluding hydrogens is 352 g/mol. The molecule has 3 aromatic rings. The van der Waals surface area contributed by atoms with Crippen molar-refractivity contribution in [3.05, 3.63) is 71.3 Å². The molecule has 2 aromatic carbocycles. The highest BCUT2D eigenvalue weighted by Crippen LogP contribution is 2.21. The number of carbonyl (C=O) groups excluding carboxylic acids is 1. The summed E-state index contributed by atoms with van der Waals surface area (Å²) in [6.45, 7) is 3.76. The number of nitrogens with zero attached hydrogens (tertiary/aromatic N) is 3. The average molecular weight is 371 g/mol. The van der Waals surface area contributed by atoms with E-state index in [0.717, 1.165) is 16.8 Å². The Kier molecular flexibility index (Phi) is 5.53. The normalized spacial score (nSPS) is 11.8. The third-order valence-electron chi connectivity index (χ3n) is 3.95. The molecule has 1 amide bonds. The van der Waals surface area contributed by atoms with Gasteiger partial charge in [-0.1, -0.05) is 23.7 Å². The van der Waals surface area contributed by atoms with Crippen molar-refractivity contribution in [3.63, 3.8) is 0 Å². The largest absolute Gasteiger partial charge is 0.484 e. The third kappa shape index (κ3) is 4.40. The first-order chi connectivity index (χ1) is 12.5. The van der Waals surface area contributed by atoms with Crippen LogP contribution in [0.25, 0.3) is 5.69 Å². The number of hydrogen-bond donors (Lipinski definition) is 1. The van der Waals surface area contributed by atoms with Crippen molar-refractivity contribution in [2.24, 2.45) is 0 Å². The van der Waals surface area contributed by atoms with Crippen molar-refractivity contribution in [2.45, 2.75) is 19.9 Å². The van der Waals surface area contributed by atoms with Crippen LogP contribution >= 0.6 is 11.6 Å². The summed E-state index contributed by atoms with van der Waals surface area (Å²) in [5.74, 6) is 0.460. The van der Waals surface area contributed by atoms with E-state index in [-0.39, 0.29) is 18.6 Å². The zero-order chi connectivity index (χ0) is 18.5. The predicted octanol–water partition coefficient (Wildman–Crippen LogP) is 3.49. The van der Waals surface area contributed by atoms with Crippen LogP contribution < -0.4 is 10.1 Å². The zero-order valence-corrected chi connectivity index (χ0v) is 15.3. The Morgan fingerprint density at radius 3 is 2.69 bits per heavy atom. The number of rotatable bonds is 6. The molecule has 134 valence electrons. The number of aromatic nitrogens is 3. The number of halogens is 1. The van der Waals surface area contributed by atoms with Crippen LogP contribution in [0.4, 0.5) is 0 Å². The van der Waals surface area contributed by atoms with Crippen molar-refractivity contribution in [3.8, 4) is 11.4 Å². The second-order valence-electron chi connectivity index (χ2n) is 5.92. The highest BCUT2D eigenvalue weighted by Gasteiger charge is 2.11. The molecule has 0 aliphatic carbocycles. The molecule has 6 nitrogen and oxygen atoms in total. The van der Waals surface area contributed by atoms with Gasteiger partial charge in [-0.05, 0) is 55.3 Å². The number of benzene rings is 2. The number of carbonyl (C=O) groups is 1. The molecule has 0 unspecified atom stereocenters. The first-order valence-electron chi connectivity index (χ1n) is 8.16. The summed E-state index contributed by atoms with van der Waals surface area (Å²) in [5, 5.41) is 7.65. The number of ether oxygens (including phenoxy) is 1. The second-order valence-corrected chi connectivity index (χ2v) is 6.36. The van der Waals surface area contributed by atoms with E-state index in [4.69, 9.17) is 16.3 Å². The van der Waals surface area contributed by atoms with Crippen molar-refractivity contribution in [1.29, 1.82) is 0 Å². The summed E-state index contributed by atoms with van der Waals surface area (Å²) in [5.41, 5.74) is 2.79. The van der Waals surface area contributed by atoms with E-state index in [2.05, 4.69) is 15.4 Å². The standard InChI is InChI=1S/C19H19ClN4O2/c1-13-9-16(20)5-8-18(13)26-10-19(25)23-14(2)15-3-6-17(7-4-15)24-12-21-11-22-24/h3-9,11-12,14H,10H2,1-2H3,(H,23,25)/t14-/m0/s1. The number of hydrogen-bond acceptors (Lipinski definition) is 4. The molecule has 1 atom stereocenters. The molecule has 1 aromatic heterocycles. The van der Waals surface area contributed by atoms with Crippen LogP contribution in [0.15, 0.2) is 55.1 Å². The maximum Gasteiger partial charge on any atom is 0.258 e. The van der Waals surface area contributed by atoms with Crippen molar-refractivity contribution >= 4 is 17.5 Å². The quantitative estimate of drug-likeness (QED) is 0.721. The van der Waals surface area contributed by atoms with Gasteiger partial charge in [-0.3, -0.25) is 4.79 Å². The monoisotopic (exact) mass is 370 g/mol. The summed E-state index contributed by atoms with van der Waals surface area (Å²) in [4.78, 5) is 16.1. The summed E-state index contributed by atoms with van der Waals surface area (Å²) in [7, 11) is 0. The number of aryl methyl sites for hydroxylation is 1. The van der Waals surface area contributed by atoms with E-state index < -0.39 is 0 Å². The first-order valence-corrected chi connectivity index (χ1v) is 8.54. The highest BCUT2D eigenvalue weighted by atomic mass is 35.5. The molecule has 3 rings (SSSR count). The lowest BCUT2D eigenvalue weighted by Crippen LogP contribution is -2.31. The molecule has 1 heterocycles. The molecule has 7 heteroatoms. The Balaban J connectivity index is 1.55. The molecule has 1 N–H and O–H groups in total. The molecule has 0 aliphatic heterocycles. The maximum absolute atomic E-state index is 12.1. The van der Waals surface area contributed by atoms with Gasteiger partial charge in [-0.15, -0.1) is 0 Å². The fourth-order valence-corrected chi connectivity index (χ4v) is 2.77. The van der Waals surface area contributed by atoms with Gasteiger partial charge in [0, 0.05) is 5.02 Å².